The Balaban J connectivity index is 2.64. The number of aryl methyl sites for hydroxylation is 1. The van der Waals surface area contributed by atoms with Gasteiger partial charge in [-0.2, -0.15) is 0 Å². The maximum Gasteiger partial charge on any atom is 0.262 e. The van der Waals surface area contributed by atoms with Crippen molar-refractivity contribution in [3.63, 3.8) is 0 Å². The zero-order chi connectivity index (χ0) is 17.5. The van der Waals surface area contributed by atoms with Crippen LogP contribution in [0, 0.1) is 41.5 Å². The Morgan fingerprint density at radius 1 is 0.826 bits per heavy atom. The number of anilines is 1. The smallest absolute Gasteiger partial charge is 0.262 e. The molecule has 0 heterocycles. The van der Waals surface area contributed by atoms with E-state index < -0.39 is 10.0 Å². The summed E-state index contributed by atoms with van der Waals surface area (Å²) in [6, 6.07) is 5.17. The molecule has 0 spiro atoms. The lowest BCUT2D eigenvalue weighted by molar-refractivity contribution is 0.599. The number of rotatable bonds is 3. The van der Waals surface area contributed by atoms with E-state index in [1.807, 2.05) is 41.5 Å². The van der Waals surface area contributed by atoms with Crippen LogP contribution in [0.15, 0.2) is 23.1 Å². The van der Waals surface area contributed by atoms with Crippen LogP contribution in [0.1, 0.15) is 33.4 Å². The molecule has 23 heavy (non-hydrogen) atoms. The van der Waals surface area contributed by atoms with Crippen LogP contribution in [0.2, 0.25) is 5.02 Å². The fraction of sp³-hybridized carbons (Fsp3) is 0.333. The van der Waals surface area contributed by atoms with Crippen molar-refractivity contribution in [3.05, 3.63) is 56.6 Å². The van der Waals surface area contributed by atoms with Crippen molar-refractivity contribution in [2.75, 3.05) is 4.72 Å². The summed E-state index contributed by atoms with van der Waals surface area (Å²) < 4.78 is 28.6. The van der Waals surface area contributed by atoms with Gasteiger partial charge in [0.2, 0.25) is 0 Å². The second kappa shape index (κ2) is 6.17. The normalized spacial score (nSPS) is 11.6. The van der Waals surface area contributed by atoms with Gasteiger partial charge in [-0.15, -0.1) is 0 Å². The topological polar surface area (TPSA) is 46.2 Å². The molecule has 0 radical (unpaired) electrons. The molecular weight excluding hydrogens is 330 g/mol. The van der Waals surface area contributed by atoms with Gasteiger partial charge in [-0.3, -0.25) is 4.72 Å². The van der Waals surface area contributed by atoms with Crippen LogP contribution >= 0.6 is 11.6 Å². The zero-order valence-corrected chi connectivity index (χ0v) is 15.9. The van der Waals surface area contributed by atoms with Crippen LogP contribution in [-0.4, -0.2) is 8.42 Å². The Hall–Kier alpha value is -1.52. The van der Waals surface area contributed by atoms with E-state index in [9.17, 15) is 8.42 Å². The van der Waals surface area contributed by atoms with Gasteiger partial charge in [0.25, 0.3) is 10.0 Å². The van der Waals surface area contributed by atoms with Crippen molar-refractivity contribution in [1.29, 1.82) is 0 Å². The third-order valence-electron chi connectivity index (χ3n) is 4.64. The minimum Gasteiger partial charge on any atom is -0.279 e. The average molecular weight is 352 g/mol. The van der Waals surface area contributed by atoms with Gasteiger partial charge in [0.05, 0.1) is 10.6 Å². The number of hydrogen-bond donors (Lipinski definition) is 1. The van der Waals surface area contributed by atoms with Crippen molar-refractivity contribution >= 4 is 27.3 Å². The zero-order valence-electron chi connectivity index (χ0n) is 14.3. The van der Waals surface area contributed by atoms with Gasteiger partial charge in [-0.05, 0) is 87.1 Å². The van der Waals surface area contributed by atoms with E-state index in [2.05, 4.69) is 4.72 Å². The quantitative estimate of drug-likeness (QED) is 0.846. The highest BCUT2D eigenvalue weighted by atomic mass is 35.5. The van der Waals surface area contributed by atoms with Crippen molar-refractivity contribution in [3.8, 4) is 0 Å². The highest BCUT2D eigenvalue weighted by molar-refractivity contribution is 7.92. The van der Waals surface area contributed by atoms with Gasteiger partial charge in [0.15, 0.2) is 0 Å². The largest absolute Gasteiger partial charge is 0.279 e. The van der Waals surface area contributed by atoms with Gasteiger partial charge in [-0.1, -0.05) is 17.7 Å². The maximum absolute atomic E-state index is 13.0. The van der Waals surface area contributed by atoms with E-state index >= 15 is 0 Å². The van der Waals surface area contributed by atoms with E-state index in [1.165, 1.54) is 0 Å². The maximum atomic E-state index is 13.0. The van der Waals surface area contributed by atoms with Crippen LogP contribution < -0.4 is 4.72 Å². The van der Waals surface area contributed by atoms with E-state index in [0.29, 0.717) is 15.6 Å². The fourth-order valence-electron chi connectivity index (χ4n) is 2.77. The van der Waals surface area contributed by atoms with Crippen LogP contribution in [-0.2, 0) is 10.0 Å². The molecule has 0 bridgehead atoms. The molecule has 2 aromatic carbocycles. The van der Waals surface area contributed by atoms with Crippen LogP contribution in [0.3, 0.4) is 0 Å². The van der Waals surface area contributed by atoms with Gasteiger partial charge < -0.3 is 0 Å². The molecule has 0 saturated heterocycles. The average Bonchev–Trinajstić information content (AvgIpc) is 2.46. The lowest BCUT2D eigenvalue weighted by atomic mass is 9.95. The lowest BCUT2D eigenvalue weighted by Gasteiger charge is -2.20. The molecule has 2 rings (SSSR count). The minimum absolute atomic E-state index is 0.359. The van der Waals surface area contributed by atoms with Crippen molar-refractivity contribution in [1.82, 2.24) is 0 Å². The van der Waals surface area contributed by atoms with Crippen LogP contribution in [0.4, 0.5) is 5.69 Å². The van der Waals surface area contributed by atoms with Gasteiger partial charge >= 0.3 is 0 Å². The second-order valence-electron chi connectivity index (χ2n) is 6.02. The van der Waals surface area contributed by atoms with Crippen molar-refractivity contribution in [2.24, 2.45) is 0 Å². The summed E-state index contributed by atoms with van der Waals surface area (Å²) in [5.41, 5.74) is 6.07. The predicted octanol–water partition coefficient (Wildman–Crippen LogP) is 4.99. The number of nitrogens with one attached hydrogen (secondary N) is 1. The molecule has 1 N–H and O–H groups in total. The number of sulfonamides is 1. The summed E-state index contributed by atoms with van der Waals surface area (Å²) in [7, 11) is -3.68. The third-order valence-corrected chi connectivity index (χ3v) is 6.52. The van der Waals surface area contributed by atoms with Crippen LogP contribution in [0.25, 0.3) is 0 Å². The first-order valence-electron chi connectivity index (χ1n) is 7.42. The molecule has 3 nitrogen and oxygen atoms in total. The summed E-state index contributed by atoms with van der Waals surface area (Å²) in [5.74, 6) is 0. The molecule has 0 amide bonds. The van der Waals surface area contributed by atoms with E-state index in [1.54, 1.807) is 18.2 Å². The summed E-state index contributed by atoms with van der Waals surface area (Å²) in [6.45, 7) is 11.5. The summed E-state index contributed by atoms with van der Waals surface area (Å²) in [4.78, 5) is 0.359. The van der Waals surface area contributed by atoms with Crippen molar-refractivity contribution < 1.29 is 8.42 Å². The van der Waals surface area contributed by atoms with Gasteiger partial charge in [-0.25, -0.2) is 8.42 Å². The SMILES string of the molecule is Cc1ccc(Cl)cc1NS(=O)(=O)c1c(C)c(C)c(C)c(C)c1C. The third kappa shape index (κ3) is 3.24. The number of hydrogen-bond acceptors (Lipinski definition) is 2. The first-order chi connectivity index (χ1) is 10.6. The Labute approximate surface area is 143 Å². The minimum atomic E-state index is -3.68. The molecule has 0 atom stereocenters. The standard InChI is InChI=1S/C18H22ClNO2S/c1-10-7-8-16(19)9-17(10)20-23(21,22)18-14(5)12(3)11(2)13(4)15(18)6/h7-9,20H,1-6H3. The molecule has 0 aliphatic rings. The Morgan fingerprint density at radius 3 is 1.83 bits per heavy atom. The monoisotopic (exact) mass is 351 g/mol. The lowest BCUT2D eigenvalue weighted by Crippen LogP contribution is -2.18. The van der Waals surface area contributed by atoms with E-state index in [-0.39, 0.29) is 0 Å². The second-order valence-corrected chi connectivity index (χ2v) is 8.07. The molecule has 0 aliphatic heterocycles. The molecule has 0 unspecified atom stereocenters. The first kappa shape index (κ1) is 17.8. The highest BCUT2D eigenvalue weighted by Crippen LogP contribution is 2.31. The van der Waals surface area contributed by atoms with Crippen molar-refractivity contribution in [2.45, 2.75) is 46.4 Å². The molecule has 0 aliphatic carbocycles. The fourth-order valence-corrected chi connectivity index (χ4v) is 4.66. The summed E-state index contributed by atoms with van der Waals surface area (Å²) in [5, 5.41) is 0.498. The molecular formula is C18H22ClNO2S. The summed E-state index contributed by atoms with van der Waals surface area (Å²) >= 11 is 5.99. The Bertz CT molecular complexity index is 857. The summed E-state index contributed by atoms with van der Waals surface area (Å²) in [6.07, 6.45) is 0. The Morgan fingerprint density at radius 2 is 1.30 bits per heavy atom. The van der Waals surface area contributed by atoms with Gasteiger partial charge in [0.1, 0.15) is 0 Å². The van der Waals surface area contributed by atoms with E-state index in [4.69, 9.17) is 11.6 Å². The molecule has 0 saturated carbocycles. The van der Waals surface area contributed by atoms with Crippen LogP contribution in [0.5, 0.6) is 0 Å². The Kier molecular flexibility index (Phi) is 4.79. The number of halogens is 1. The highest BCUT2D eigenvalue weighted by Gasteiger charge is 2.24. The number of benzene rings is 2. The first-order valence-corrected chi connectivity index (χ1v) is 9.28. The van der Waals surface area contributed by atoms with E-state index in [0.717, 1.165) is 33.4 Å². The molecule has 0 fully saturated rings. The molecule has 0 aromatic heterocycles. The molecule has 2 aromatic rings. The molecule has 5 heteroatoms. The molecule has 124 valence electrons. The predicted molar refractivity (Wildman–Crippen MR) is 97.1 cm³/mol. The van der Waals surface area contributed by atoms with Gasteiger partial charge in [0, 0.05) is 5.02 Å².